The van der Waals surface area contributed by atoms with E-state index in [0.29, 0.717) is 34.0 Å². The van der Waals surface area contributed by atoms with Crippen LogP contribution in [-0.2, 0) is 23.9 Å². The summed E-state index contributed by atoms with van der Waals surface area (Å²) in [6.07, 6.45) is 0.391. The number of carbonyl (C=O) groups is 3. The number of esters is 2. The van der Waals surface area contributed by atoms with Gasteiger partial charge in [0.2, 0.25) is 0 Å². The van der Waals surface area contributed by atoms with Crippen LogP contribution in [0.1, 0.15) is 35.6 Å². The van der Waals surface area contributed by atoms with Gasteiger partial charge >= 0.3 is 11.9 Å². The highest BCUT2D eigenvalue weighted by molar-refractivity contribution is 7.10. The first-order valence-corrected chi connectivity index (χ1v) is 11.8. The number of ketones is 1. The number of nitrogens with one attached hydrogen (secondary N) is 1. The first-order chi connectivity index (χ1) is 15.8. The summed E-state index contributed by atoms with van der Waals surface area (Å²) in [5.41, 5.74) is 2.23. The minimum atomic E-state index is -1.05. The van der Waals surface area contributed by atoms with Gasteiger partial charge in [0.15, 0.2) is 5.78 Å². The number of hydrogen-bond acceptors (Lipinski definition) is 7. The third-order valence-corrected chi connectivity index (χ3v) is 7.92. The van der Waals surface area contributed by atoms with E-state index in [0.717, 1.165) is 4.88 Å². The first-order valence-electron chi connectivity index (χ1n) is 10.2. The predicted octanol–water partition coefficient (Wildman–Crippen LogP) is 4.99. The van der Waals surface area contributed by atoms with Crippen molar-refractivity contribution in [1.29, 1.82) is 0 Å². The number of dihydropyridines is 1. The van der Waals surface area contributed by atoms with Crippen molar-refractivity contribution < 1.29 is 23.9 Å². The molecule has 1 aromatic carbocycles. The zero-order chi connectivity index (χ0) is 23.9. The Morgan fingerprint density at radius 3 is 2.52 bits per heavy atom. The Morgan fingerprint density at radius 1 is 1.12 bits per heavy atom. The van der Waals surface area contributed by atoms with Gasteiger partial charge in [0.05, 0.1) is 29.8 Å². The Morgan fingerprint density at radius 2 is 1.88 bits per heavy atom. The van der Waals surface area contributed by atoms with Crippen LogP contribution in [0.5, 0.6) is 0 Å². The second-order valence-electron chi connectivity index (χ2n) is 7.81. The molecule has 1 N–H and O–H groups in total. The second kappa shape index (κ2) is 9.33. The fraction of sp³-hybridized carbons (Fsp3) is 0.292. The van der Waals surface area contributed by atoms with Crippen molar-refractivity contribution in [3.05, 3.63) is 78.7 Å². The van der Waals surface area contributed by atoms with E-state index in [2.05, 4.69) is 5.32 Å². The molecule has 2 heterocycles. The van der Waals surface area contributed by atoms with Crippen LogP contribution >= 0.6 is 34.5 Å². The van der Waals surface area contributed by atoms with Crippen molar-refractivity contribution in [1.82, 2.24) is 5.32 Å². The molecule has 9 heteroatoms. The van der Waals surface area contributed by atoms with Crippen molar-refractivity contribution in [3.63, 3.8) is 0 Å². The molecule has 1 aliphatic carbocycles. The molecule has 33 heavy (non-hydrogen) atoms. The second-order valence-corrected chi connectivity index (χ2v) is 9.58. The Balaban J connectivity index is 1.95. The Kier molecular flexibility index (Phi) is 6.66. The summed E-state index contributed by atoms with van der Waals surface area (Å²) < 4.78 is 10.1. The van der Waals surface area contributed by atoms with Crippen LogP contribution in [0.2, 0.25) is 10.0 Å². The highest BCUT2D eigenvalue weighted by Gasteiger charge is 2.49. The van der Waals surface area contributed by atoms with E-state index >= 15 is 0 Å². The number of rotatable bonds is 4. The molecular formula is C24H21Cl2NO5S. The molecule has 3 atom stereocenters. The summed E-state index contributed by atoms with van der Waals surface area (Å²) in [6, 6.07) is 8.84. The van der Waals surface area contributed by atoms with E-state index in [1.54, 1.807) is 25.1 Å². The summed E-state index contributed by atoms with van der Waals surface area (Å²) in [5.74, 6) is -3.92. The fourth-order valence-electron chi connectivity index (χ4n) is 4.64. The lowest BCUT2D eigenvalue weighted by atomic mass is 9.68. The normalized spacial score (nSPS) is 22.6. The molecule has 4 rings (SSSR count). The van der Waals surface area contributed by atoms with E-state index < -0.39 is 29.6 Å². The van der Waals surface area contributed by atoms with Crippen LogP contribution in [0, 0.1) is 5.92 Å². The number of allylic oxidation sites excluding steroid dienone is 3. The first kappa shape index (κ1) is 23.5. The maximum Gasteiger partial charge on any atom is 0.336 e. The van der Waals surface area contributed by atoms with Crippen molar-refractivity contribution in [2.45, 2.75) is 25.2 Å². The number of halogens is 2. The lowest BCUT2D eigenvalue weighted by Crippen LogP contribution is -2.43. The van der Waals surface area contributed by atoms with Gasteiger partial charge in [-0.1, -0.05) is 41.4 Å². The van der Waals surface area contributed by atoms with Gasteiger partial charge in [0.25, 0.3) is 0 Å². The summed E-state index contributed by atoms with van der Waals surface area (Å²) >= 11 is 14.3. The average molecular weight is 506 g/mol. The molecule has 2 aliphatic rings. The van der Waals surface area contributed by atoms with Gasteiger partial charge < -0.3 is 14.8 Å². The van der Waals surface area contributed by atoms with Gasteiger partial charge in [-0.2, -0.15) is 0 Å². The van der Waals surface area contributed by atoms with Crippen LogP contribution in [-0.4, -0.2) is 31.9 Å². The zero-order valence-corrected chi connectivity index (χ0v) is 20.4. The number of carbonyl (C=O) groups excluding carboxylic acids is 3. The number of benzene rings is 1. The minimum Gasteiger partial charge on any atom is -0.468 e. The molecule has 1 aromatic heterocycles. The molecule has 0 spiro atoms. The number of ether oxygens (including phenoxy) is 2. The van der Waals surface area contributed by atoms with Crippen LogP contribution < -0.4 is 5.32 Å². The van der Waals surface area contributed by atoms with Crippen molar-refractivity contribution in [2.75, 3.05) is 14.2 Å². The molecule has 0 saturated carbocycles. The summed E-state index contributed by atoms with van der Waals surface area (Å²) in [5, 5.41) is 5.66. The predicted molar refractivity (Wildman–Crippen MR) is 126 cm³/mol. The van der Waals surface area contributed by atoms with Crippen molar-refractivity contribution in [3.8, 4) is 0 Å². The van der Waals surface area contributed by atoms with Gasteiger partial charge in [-0.15, -0.1) is 11.3 Å². The van der Waals surface area contributed by atoms with Gasteiger partial charge in [-0.25, -0.2) is 4.79 Å². The summed E-state index contributed by atoms with van der Waals surface area (Å²) in [7, 11) is 2.54. The average Bonchev–Trinajstić information content (AvgIpc) is 3.34. The van der Waals surface area contributed by atoms with E-state index in [-0.39, 0.29) is 16.5 Å². The SMILES string of the molecule is COC(=O)C1=C(C)NC2=C(C(=O)[C@@H](C(=O)OC)[C@@H](c3cccs3)C2)[C@@H]1c1cccc(Cl)c1Cl. The van der Waals surface area contributed by atoms with Gasteiger partial charge in [-0.05, 0) is 36.4 Å². The number of hydrogen-bond donors (Lipinski definition) is 1. The lowest BCUT2D eigenvalue weighted by Gasteiger charge is -2.39. The van der Waals surface area contributed by atoms with Crippen LogP contribution in [0.15, 0.2) is 58.3 Å². The third-order valence-electron chi connectivity index (χ3n) is 6.08. The highest BCUT2D eigenvalue weighted by atomic mass is 35.5. The van der Waals surface area contributed by atoms with E-state index in [1.807, 2.05) is 17.5 Å². The molecular weight excluding hydrogens is 485 g/mol. The molecule has 2 aromatic rings. The Hall–Kier alpha value is -2.61. The topological polar surface area (TPSA) is 81.7 Å². The zero-order valence-electron chi connectivity index (χ0n) is 18.1. The quantitative estimate of drug-likeness (QED) is 0.465. The molecule has 0 saturated heterocycles. The van der Waals surface area contributed by atoms with Crippen molar-refractivity contribution in [2.24, 2.45) is 5.92 Å². The monoisotopic (exact) mass is 505 g/mol. The van der Waals surface area contributed by atoms with E-state index in [1.165, 1.54) is 25.6 Å². The molecule has 0 fully saturated rings. The molecule has 0 bridgehead atoms. The molecule has 1 aliphatic heterocycles. The molecule has 6 nitrogen and oxygen atoms in total. The Bertz CT molecular complexity index is 1200. The number of thiophene rings is 1. The smallest absolute Gasteiger partial charge is 0.336 e. The van der Waals surface area contributed by atoms with Crippen LogP contribution in [0.25, 0.3) is 0 Å². The van der Waals surface area contributed by atoms with Crippen LogP contribution in [0.3, 0.4) is 0 Å². The number of Topliss-reactive ketones (excluding diaryl/α,β-unsaturated/α-hetero) is 1. The van der Waals surface area contributed by atoms with Gasteiger partial charge in [0, 0.05) is 33.7 Å². The Labute approximate surface area is 205 Å². The van der Waals surface area contributed by atoms with Crippen LogP contribution in [0.4, 0.5) is 0 Å². The summed E-state index contributed by atoms with van der Waals surface area (Å²) in [6.45, 7) is 1.75. The standard InChI is InChI=1S/C24H21Cl2NO5S/c1-11-17(23(29)31-2)18(12-6-4-7-14(25)21(12)26)20-15(27-11)10-13(16-8-5-9-33-16)19(22(20)28)24(30)32-3/h4-9,13,18-19,27H,10H2,1-3H3/t13-,18-,19+/m1/s1. The molecule has 0 unspecified atom stereocenters. The summed E-state index contributed by atoms with van der Waals surface area (Å²) in [4.78, 5) is 40.5. The molecule has 0 radical (unpaired) electrons. The fourth-order valence-corrected chi connectivity index (χ4v) is 5.92. The van der Waals surface area contributed by atoms with Gasteiger partial charge in [-0.3, -0.25) is 9.59 Å². The van der Waals surface area contributed by atoms with Crippen molar-refractivity contribution >= 4 is 52.3 Å². The maximum absolute atomic E-state index is 14.0. The molecule has 172 valence electrons. The van der Waals surface area contributed by atoms with Gasteiger partial charge in [0.1, 0.15) is 5.92 Å². The van der Waals surface area contributed by atoms with E-state index in [4.69, 9.17) is 32.7 Å². The maximum atomic E-state index is 14.0. The lowest BCUT2D eigenvalue weighted by molar-refractivity contribution is -0.149. The number of methoxy groups -OCH3 is 2. The molecule has 0 amide bonds. The minimum absolute atomic E-state index is 0.231. The highest BCUT2D eigenvalue weighted by Crippen LogP contribution is 2.50. The third kappa shape index (κ3) is 3.98. The van der Waals surface area contributed by atoms with E-state index in [9.17, 15) is 14.4 Å². The largest absolute Gasteiger partial charge is 0.468 e.